The Hall–Kier alpha value is -2.55. The lowest BCUT2D eigenvalue weighted by Gasteiger charge is -2.47. The topological polar surface area (TPSA) is 89.1 Å². The largest absolute Gasteiger partial charge is 0.459 e. The van der Waals surface area contributed by atoms with Crippen molar-refractivity contribution in [1.29, 1.82) is 0 Å². The van der Waals surface area contributed by atoms with Crippen LogP contribution in [-0.4, -0.2) is 41.1 Å². The second-order valence-corrected chi connectivity index (χ2v) is 9.30. The summed E-state index contributed by atoms with van der Waals surface area (Å²) in [6, 6.07) is 3.26. The fraction of sp³-hybridized carbons (Fsp3) is 0.500. The van der Waals surface area contributed by atoms with Crippen molar-refractivity contribution in [3.8, 4) is 0 Å². The summed E-state index contributed by atoms with van der Waals surface area (Å²) < 4.78 is 48.1. The summed E-state index contributed by atoms with van der Waals surface area (Å²) in [6.07, 6.45) is 4.44. The van der Waals surface area contributed by atoms with Crippen molar-refractivity contribution in [3.05, 3.63) is 41.7 Å². The Labute approximate surface area is 188 Å². The number of amidine groups is 1. The molecule has 2 aliphatic heterocycles. The summed E-state index contributed by atoms with van der Waals surface area (Å²) in [5, 5.41) is 2.36. The van der Waals surface area contributed by atoms with Gasteiger partial charge in [-0.3, -0.25) is 9.79 Å². The van der Waals surface area contributed by atoms with Gasteiger partial charge in [-0.15, -0.1) is 11.6 Å². The van der Waals surface area contributed by atoms with Crippen molar-refractivity contribution < 1.29 is 22.7 Å². The van der Waals surface area contributed by atoms with Gasteiger partial charge in [-0.05, 0) is 38.0 Å². The van der Waals surface area contributed by atoms with Crippen LogP contribution < -0.4 is 11.1 Å². The molecule has 3 atom stereocenters. The first-order chi connectivity index (χ1) is 15.0. The molecule has 0 bridgehead atoms. The van der Waals surface area contributed by atoms with Gasteiger partial charge in [-0.25, -0.2) is 18.2 Å². The quantitative estimate of drug-likeness (QED) is 0.512. The number of carbonyl (C=O) groups is 1. The average Bonchev–Trinajstić information content (AvgIpc) is 2.72. The molecule has 1 spiro atoms. The number of nitrogens with zero attached hydrogens (tertiary/aromatic N) is 2. The van der Waals surface area contributed by atoms with Crippen molar-refractivity contribution in [2.75, 3.05) is 5.32 Å². The molecule has 0 aromatic heterocycles. The van der Waals surface area contributed by atoms with Crippen molar-refractivity contribution in [3.63, 3.8) is 0 Å². The van der Waals surface area contributed by atoms with E-state index in [1.807, 2.05) is 0 Å². The Balaban J connectivity index is 1.58. The summed E-state index contributed by atoms with van der Waals surface area (Å²) in [4.78, 5) is 20.9. The minimum atomic E-state index is -2.75. The summed E-state index contributed by atoms with van der Waals surface area (Å²) >= 11 is 5.89. The van der Waals surface area contributed by atoms with Gasteiger partial charge in [0, 0.05) is 36.7 Å². The number of carbonyl (C=O) groups excluding carboxylic acids is 1. The van der Waals surface area contributed by atoms with Crippen LogP contribution in [0, 0.1) is 5.82 Å². The van der Waals surface area contributed by atoms with E-state index in [9.17, 15) is 18.0 Å². The van der Waals surface area contributed by atoms with Crippen LogP contribution >= 0.6 is 11.6 Å². The van der Waals surface area contributed by atoms with Crippen LogP contribution in [0.4, 0.5) is 18.9 Å². The lowest BCUT2D eigenvalue weighted by Crippen LogP contribution is -2.51. The number of hydrogen-bond acceptors (Lipinski definition) is 5. The molecule has 1 aromatic carbocycles. The number of nitrogens with two attached hydrogens (primary N) is 1. The van der Waals surface area contributed by atoms with E-state index >= 15 is 0 Å². The number of ether oxygens (including phenoxy) is 1. The highest BCUT2D eigenvalue weighted by molar-refractivity contribution is 6.29. The van der Waals surface area contributed by atoms with Crippen molar-refractivity contribution in [1.82, 2.24) is 0 Å². The average molecular weight is 469 g/mol. The molecule has 3 unspecified atom stereocenters. The van der Waals surface area contributed by atoms with Crippen molar-refractivity contribution in [2.24, 2.45) is 15.7 Å². The second kappa shape index (κ2) is 8.10. The summed E-state index contributed by atoms with van der Waals surface area (Å²) in [5.41, 5.74) is 4.38. The zero-order valence-electron chi connectivity index (χ0n) is 17.5. The third-order valence-electron chi connectivity index (χ3n) is 6.19. The summed E-state index contributed by atoms with van der Waals surface area (Å²) in [6.45, 7) is 1.69. The third kappa shape index (κ3) is 4.62. The maximum absolute atomic E-state index is 14.9. The van der Waals surface area contributed by atoms with Crippen LogP contribution in [0.25, 0.3) is 0 Å². The van der Waals surface area contributed by atoms with E-state index in [0.29, 0.717) is 5.69 Å². The van der Waals surface area contributed by atoms with E-state index in [2.05, 4.69) is 15.3 Å². The van der Waals surface area contributed by atoms with E-state index in [-0.39, 0.29) is 49.1 Å². The number of rotatable bonds is 3. The van der Waals surface area contributed by atoms with Gasteiger partial charge in [-0.1, -0.05) is 12.2 Å². The van der Waals surface area contributed by atoms with Crippen LogP contribution in [0.15, 0.2) is 40.3 Å². The molecule has 32 heavy (non-hydrogen) atoms. The number of nitrogens with one attached hydrogen (secondary N) is 1. The lowest BCUT2D eigenvalue weighted by molar-refractivity contribution is -0.116. The fourth-order valence-electron chi connectivity index (χ4n) is 4.57. The van der Waals surface area contributed by atoms with Gasteiger partial charge in [0.15, 0.2) is 0 Å². The van der Waals surface area contributed by atoms with Crippen LogP contribution in [0.3, 0.4) is 0 Å². The van der Waals surface area contributed by atoms with Crippen LogP contribution in [-0.2, 0) is 15.1 Å². The van der Waals surface area contributed by atoms with Gasteiger partial charge in [0.2, 0.25) is 5.92 Å². The standard InChI is InChI=1S/C22H24ClF3N4O2/c1-20(12-21(32-19(27)30-20)6-8-22(25,26)9-7-21)15-10-14(3-4-16(15)24)29-18(31)17-5-2-13(23)11-28-17/h2-5,10-11,13,17H,6-9,12H2,1H3,(H2,27,30)(H,29,31). The predicted octanol–water partition coefficient (Wildman–Crippen LogP) is 4.28. The van der Waals surface area contributed by atoms with E-state index in [4.69, 9.17) is 22.1 Å². The highest BCUT2D eigenvalue weighted by atomic mass is 35.5. The Bertz CT molecular complexity index is 989. The molecule has 1 saturated carbocycles. The number of dihydropyridines is 1. The molecule has 0 saturated heterocycles. The maximum atomic E-state index is 14.9. The van der Waals surface area contributed by atoms with Gasteiger partial charge < -0.3 is 15.8 Å². The smallest absolute Gasteiger partial charge is 0.283 e. The van der Waals surface area contributed by atoms with E-state index in [1.165, 1.54) is 24.4 Å². The Morgan fingerprint density at radius 2 is 1.97 bits per heavy atom. The predicted molar refractivity (Wildman–Crippen MR) is 117 cm³/mol. The Morgan fingerprint density at radius 1 is 1.25 bits per heavy atom. The minimum absolute atomic E-state index is 0.0947. The number of alkyl halides is 3. The van der Waals surface area contributed by atoms with Crippen LogP contribution in [0.1, 0.15) is 44.6 Å². The summed E-state index contributed by atoms with van der Waals surface area (Å²) in [7, 11) is 0. The number of benzene rings is 1. The fourth-order valence-corrected chi connectivity index (χ4v) is 4.72. The van der Waals surface area contributed by atoms with Gasteiger partial charge in [0.25, 0.3) is 11.9 Å². The molecule has 3 N–H and O–H groups in total. The van der Waals surface area contributed by atoms with E-state index in [0.717, 1.165) is 0 Å². The summed E-state index contributed by atoms with van der Waals surface area (Å²) in [5.74, 6) is -3.69. The van der Waals surface area contributed by atoms with Crippen LogP contribution in [0.2, 0.25) is 0 Å². The Kier molecular flexibility index (Phi) is 5.73. The molecule has 1 fully saturated rings. The minimum Gasteiger partial charge on any atom is -0.459 e. The van der Waals surface area contributed by atoms with Gasteiger partial charge in [0.1, 0.15) is 17.5 Å². The molecule has 1 aliphatic carbocycles. The van der Waals surface area contributed by atoms with E-state index < -0.39 is 34.8 Å². The first-order valence-electron chi connectivity index (χ1n) is 10.4. The molecule has 3 aliphatic rings. The number of allylic oxidation sites excluding steroid dienone is 1. The molecule has 1 amide bonds. The molecule has 172 valence electrons. The zero-order chi connectivity index (χ0) is 23.1. The molecule has 4 rings (SSSR count). The van der Waals surface area contributed by atoms with Crippen molar-refractivity contribution in [2.45, 2.75) is 67.5 Å². The second-order valence-electron chi connectivity index (χ2n) is 8.80. The number of aliphatic imine (C=N–C) groups is 2. The van der Waals surface area contributed by atoms with Gasteiger partial charge in [-0.2, -0.15) is 0 Å². The maximum Gasteiger partial charge on any atom is 0.283 e. The monoisotopic (exact) mass is 468 g/mol. The van der Waals surface area contributed by atoms with Crippen molar-refractivity contribution >= 4 is 35.4 Å². The Morgan fingerprint density at radius 3 is 2.62 bits per heavy atom. The van der Waals surface area contributed by atoms with Crippen LogP contribution in [0.5, 0.6) is 0 Å². The number of amides is 1. The molecular weight excluding hydrogens is 445 g/mol. The zero-order valence-corrected chi connectivity index (χ0v) is 18.2. The molecule has 10 heteroatoms. The molecule has 0 radical (unpaired) electrons. The van der Waals surface area contributed by atoms with E-state index in [1.54, 1.807) is 19.1 Å². The molecular formula is C22H24ClF3N4O2. The number of anilines is 1. The van der Waals surface area contributed by atoms with Gasteiger partial charge in [0.05, 0.1) is 10.9 Å². The lowest BCUT2D eigenvalue weighted by atomic mass is 9.72. The normalized spacial score (nSPS) is 30.5. The highest BCUT2D eigenvalue weighted by Gasteiger charge is 2.51. The first kappa shape index (κ1) is 22.6. The molecule has 1 aromatic rings. The highest BCUT2D eigenvalue weighted by Crippen LogP contribution is 2.49. The number of halogens is 4. The first-order valence-corrected chi connectivity index (χ1v) is 10.8. The molecule has 2 heterocycles. The number of hydrogen-bond donors (Lipinski definition) is 2. The van der Waals surface area contributed by atoms with Gasteiger partial charge >= 0.3 is 0 Å². The molecule has 6 nitrogen and oxygen atoms in total. The third-order valence-corrected chi connectivity index (χ3v) is 6.44. The SMILES string of the molecule is CC1(c2cc(NC(=O)C3C=CC(Cl)C=N3)ccc2F)CC2(CCC(F)(F)CC2)OC(N)=N1.